The van der Waals surface area contributed by atoms with Gasteiger partial charge in [-0.2, -0.15) is 0 Å². The van der Waals surface area contributed by atoms with E-state index in [9.17, 15) is 19.8 Å². The summed E-state index contributed by atoms with van der Waals surface area (Å²) in [7, 11) is 0. The van der Waals surface area contributed by atoms with Gasteiger partial charge in [-0.25, -0.2) is 0 Å². The first-order valence-electron chi connectivity index (χ1n) is 6.53. The van der Waals surface area contributed by atoms with Crippen LogP contribution < -0.4 is 10.2 Å². The van der Waals surface area contributed by atoms with E-state index >= 15 is 0 Å². The predicted molar refractivity (Wildman–Crippen MR) is 69.4 cm³/mol. The van der Waals surface area contributed by atoms with Crippen LogP contribution in [0.15, 0.2) is 30.5 Å². The summed E-state index contributed by atoms with van der Waals surface area (Å²) in [5, 5.41) is 22.6. The lowest BCUT2D eigenvalue weighted by atomic mass is 9.99. The smallest absolute Gasteiger partial charge is 0.0504 e. The van der Waals surface area contributed by atoms with Gasteiger partial charge in [-0.3, -0.25) is 0 Å². The molecule has 2 aromatic rings. The molecule has 0 bridgehead atoms. The van der Waals surface area contributed by atoms with E-state index in [1.54, 1.807) is 0 Å². The molecule has 1 heterocycles. The van der Waals surface area contributed by atoms with E-state index in [0.29, 0.717) is 5.56 Å². The fourth-order valence-electron chi connectivity index (χ4n) is 2.39. The highest BCUT2D eigenvalue weighted by atomic mass is 16.4. The lowest BCUT2D eigenvalue weighted by Gasteiger charge is -2.18. The number of hydrogen-bond donors (Lipinski definition) is 0. The summed E-state index contributed by atoms with van der Waals surface area (Å²) in [5.74, 6) is -4.86. The Labute approximate surface area is 116 Å². The van der Waals surface area contributed by atoms with Gasteiger partial charge in [0.05, 0.1) is 11.9 Å². The minimum absolute atomic E-state index is 0.123. The van der Waals surface area contributed by atoms with Crippen LogP contribution in [0.25, 0.3) is 10.9 Å². The molecule has 0 aliphatic heterocycles. The van der Waals surface area contributed by atoms with Gasteiger partial charge in [0.2, 0.25) is 0 Å². The van der Waals surface area contributed by atoms with E-state index in [1.807, 2.05) is 42.0 Å². The molecule has 0 amide bonds. The molecule has 0 radical (unpaired) electrons. The summed E-state index contributed by atoms with van der Waals surface area (Å²) >= 11 is 0. The number of carboxylic acid groups (broad SMARTS) is 2. The van der Waals surface area contributed by atoms with E-state index < -0.39 is 17.9 Å². The van der Waals surface area contributed by atoms with E-state index in [-0.39, 0.29) is 6.42 Å². The number of fused-ring (bicyclic) bond motifs is 1. The maximum Gasteiger partial charge on any atom is 0.0504 e. The van der Waals surface area contributed by atoms with Crippen LogP contribution in [0.5, 0.6) is 0 Å². The largest absolute Gasteiger partial charge is 0.549 e. The monoisotopic (exact) mass is 273 g/mol. The third-order valence-electron chi connectivity index (χ3n) is 3.33. The molecule has 0 aliphatic rings. The third kappa shape index (κ3) is 2.66. The van der Waals surface area contributed by atoms with Gasteiger partial charge in [-0.05, 0) is 24.5 Å². The van der Waals surface area contributed by atoms with Crippen molar-refractivity contribution in [2.75, 3.05) is 0 Å². The molecule has 0 atom stereocenters. The number of para-hydroxylation sites is 1. The average Bonchev–Trinajstić information content (AvgIpc) is 2.74. The van der Waals surface area contributed by atoms with Crippen molar-refractivity contribution < 1.29 is 19.8 Å². The van der Waals surface area contributed by atoms with Gasteiger partial charge < -0.3 is 24.4 Å². The van der Waals surface area contributed by atoms with Crippen molar-refractivity contribution in [1.82, 2.24) is 4.57 Å². The number of aromatic nitrogens is 1. The van der Waals surface area contributed by atoms with Crippen LogP contribution in [0.4, 0.5) is 0 Å². The van der Waals surface area contributed by atoms with Gasteiger partial charge in [-0.1, -0.05) is 25.1 Å². The van der Waals surface area contributed by atoms with E-state index in [4.69, 9.17) is 0 Å². The molecule has 5 heteroatoms. The predicted octanol–water partition coefficient (Wildman–Crippen LogP) is -0.290. The fourth-order valence-corrected chi connectivity index (χ4v) is 2.39. The summed E-state index contributed by atoms with van der Waals surface area (Å²) in [6.45, 7) is 2.83. The van der Waals surface area contributed by atoms with Gasteiger partial charge in [-0.15, -0.1) is 0 Å². The molecule has 0 aliphatic carbocycles. The molecular formula is C15H15NO4-2. The number of hydrogen-bond acceptors (Lipinski definition) is 4. The third-order valence-corrected chi connectivity index (χ3v) is 3.33. The number of rotatable bonds is 6. The highest BCUT2D eigenvalue weighted by Crippen LogP contribution is 2.24. The Balaban J connectivity index is 2.43. The summed E-state index contributed by atoms with van der Waals surface area (Å²) in [6, 6.07) is 7.53. The van der Waals surface area contributed by atoms with Crippen molar-refractivity contribution in [2.24, 2.45) is 5.92 Å². The summed E-state index contributed by atoms with van der Waals surface area (Å²) in [4.78, 5) is 21.8. The van der Waals surface area contributed by atoms with Crippen molar-refractivity contribution in [3.8, 4) is 0 Å². The first-order chi connectivity index (χ1) is 9.54. The van der Waals surface area contributed by atoms with Gasteiger partial charge in [0.15, 0.2) is 0 Å². The number of carbonyl (C=O) groups excluding carboxylic acids is 2. The van der Waals surface area contributed by atoms with Crippen molar-refractivity contribution >= 4 is 22.8 Å². The summed E-state index contributed by atoms with van der Waals surface area (Å²) in [6.07, 6.45) is 2.62. The molecule has 1 aromatic carbocycles. The second-order valence-electron chi connectivity index (χ2n) is 4.76. The van der Waals surface area contributed by atoms with Crippen LogP contribution in [0.2, 0.25) is 0 Å². The first-order valence-corrected chi connectivity index (χ1v) is 6.53. The van der Waals surface area contributed by atoms with Crippen molar-refractivity contribution in [1.29, 1.82) is 0 Å². The Bertz CT molecular complexity index is 630. The minimum Gasteiger partial charge on any atom is -0.549 e. The molecule has 20 heavy (non-hydrogen) atoms. The molecule has 5 nitrogen and oxygen atoms in total. The molecule has 0 unspecified atom stereocenters. The summed E-state index contributed by atoms with van der Waals surface area (Å²) < 4.78 is 2.01. The normalized spacial score (nSPS) is 11.1. The van der Waals surface area contributed by atoms with Gasteiger partial charge in [0.1, 0.15) is 0 Å². The average molecular weight is 273 g/mol. The van der Waals surface area contributed by atoms with Crippen LogP contribution in [0.1, 0.15) is 18.9 Å². The molecule has 106 valence electrons. The Morgan fingerprint density at radius 3 is 2.45 bits per heavy atom. The minimum atomic E-state index is -1.63. The lowest BCUT2D eigenvalue weighted by Crippen LogP contribution is -2.44. The van der Waals surface area contributed by atoms with E-state index in [0.717, 1.165) is 23.9 Å². The highest BCUT2D eigenvalue weighted by Gasteiger charge is 2.16. The number of nitrogens with zero attached hydrogens (tertiary/aromatic N) is 1. The van der Waals surface area contributed by atoms with Gasteiger partial charge >= 0.3 is 0 Å². The first kappa shape index (κ1) is 14.1. The van der Waals surface area contributed by atoms with Gasteiger partial charge in [0, 0.05) is 29.6 Å². The molecule has 0 N–H and O–H groups in total. The molecule has 2 rings (SSSR count). The van der Waals surface area contributed by atoms with E-state index in [1.165, 1.54) is 0 Å². The standard InChI is InChI=1S/C15H17NO4/c1-2-7-16-9-10(8-12(14(17)18)15(19)20)11-5-3-4-6-13(11)16/h3-6,9,12H,2,7-8H2,1H3,(H,17,18)(H,19,20)/p-2. The maximum atomic E-state index is 10.9. The molecule has 0 saturated heterocycles. The van der Waals surface area contributed by atoms with E-state index in [2.05, 4.69) is 0 Å². The summed E-state index contributed by atoms with van der Waals surface area (Å²) in [5.41, 5.74) is 1.66. The van der Waals surface area contributed by atoms with Gasteiger partial charge in [0.25, 0.3) is 0 Å². The van der Waals surface area contributed by atoms with Crippen LogP contribution in [0, 0.1) is 5.92 Å². The number of aliphatic carboxylic acids is 2. The number of aryl methyl sites for hydroxylation is 1. The molecule has 1 aromatic heterocycles. The molecule has 0 fully saturated rings. The number of benzene rings is 1. The SMILES string of the molecule is CCCn1cc(CC(C(=O)[O-])C(=O)[O-])c2ccccc21. The van der Waals surface area contributed by atoms with Crippen LogP contribution >= 0.6 is 0 Å². The molecular weight excluding hydrogens is 258 g/mol. The quantitative estimate of drug-likeness (QED) is 0.677. The second-order valence-corrected chi connectivity index (χ2v) is 4.76. The Kier molecular flexibility index (Phi) is 4.08. The lowest BCUT2D eigenvalue weighted by molar-refractivity contribution is -0.331. The van der Waals surface area contributed by atoms with Crippen molar-refractivity contribution in [2.45, 2.75) is 26.3 Å². The fraction of sp³-hybridized carbons (Fsp3) is 0.333. The Morgan fingerprint density at radius 1 is 1.20 bits per heavy atom. The zero-order valence-electron chi connectivity index (χ0n) is 11.2. The molecule has 0 saturated carbocycles. The maximum absolute atomic E-state index is 10.9. The van der Waals surface area contributed by atoms with Crippen LogP contribution in [0.3, 0.4) is 0 Å². The second kappa shape index (κ2) is 5.77. The Hall–Kier alpha value is -2.30. The molecule has 0 spiro atoms. The highest BCUT2D eigenvalue weighted by molar-refractivity contribution is 5.92. The topological polar surface area (TPSA) is 85.2 Å². The van der Waals surface area contributed by atoms with Crippen LogP contribution in [-0.2, 0) is 22.6 Å². The van der Waals surface area contributed by atoms with Crippen molar-refractivity contribution in [3.05, 3.63) is 36.0 Å². The number of carboxylic acids is 2. The van der Waals surface area contributed by atoms with Crippen LogP contribution in [-0.4, -0.2) is 16.5 Å². The zero-order valence-corrected chi connectivity index (χ0v) is 11.2. The zero-order chi connectivity index (χ0) is 14.7. The number of carbonyl (C=O) groups is 2. The Morgan fingerprint density at radius 2 is 1.85 bits per heavy atom. The van der Waals surface area contributed by atoms with Crippen molar-refractivity contribution in [3.63, 3.8) is 0 Å².